The first-order valence-electron chi connectivity index (χ1n) is 12.3. The molecule has 0 saturated carbocycles. The van der Waals surface area contributed by atoms with Gasteiger partial charge in [0.2, 0.25) is 0 Å². The molecule has 3 nitrogen and oxygen atoms in total. The van der Waals surface area contributed by atoms with Gasteiger partial charge in [0.25, 0.3) is 0 Å². The molecule has 0 spiro atoms. The fraction of sp³-hybridized carbons (Fsp3) is 0.379. The maximum absolute atomic E-state index is 15.4. The minimum atomic E-state index is -0.573. The number of rotatable bonds is 8. The van der Waals surface area contributed by atoms with Crippen LogP contribution < -0.4 is 4.74 Å². The standard InChI is InChI=1S/C29H30ClF2NO2/c30-23-10-8-21(9-11-23)18-29-14-4-15-33(16-5-17-34-19-22-6-2-1-3-7-22)26(29)20-35-28-25(32)13-12-24(31)27(28)29/h1-3,6-13,26H,4-5,14-20H2/t26?,29-/m0/s1. The normalized spacial score (nSPS) is 21.7. The van der Waals surface area contributed by atoms with E-state index in [9.17, 15) is 4.39 Å². The van der Waals surface area contributed by atoms with Gasteiger partial charge in [-0.1, -0.05) is 54.1 Å². The van der Waals surface area contributed by atoms with Gasteiger partial charge in [-0.15, -0.1) is 0 Å². The summed E-state index contributed by atoms with van der Waals surface area (Å²) in [6.07, 6.45) is 3.15. The molecule has 2 heterocycles. The second-order valence-corrected chi connectivity index (χ2v) is 9.99. The monoisotopic (exact) mass is 497 g/mol. The number of benzene rings is 3. The van der Waals surface area contributed by atoms with E-state index in [1.807, 2.05) is 42.5 Å². The molecule has 3 aromatic carbocycles. The highest BCUT2D eigenvalue weighted by Crippen LogP contribution is 2.50. The van der Waals surface area contributed by atoms with Gasteiger partial charge in [-0.2, -0.15) is 0 Å². The minimum Gasteiger partial charge on any atom is -0.488 e. The molecule has 1 saturated heterocycles. The first kappa shape index (κ1) is 24.2. The molecule has 2 aliphatic rings. The summed E-state index contributed by atoms with van der Waals surface area (Å²) < 4.78 is 41.9. The van der Waals surface area contributed by atoms with Crippen LogP contribution in [0.4, 0.5) is 8.78 Å². The molecule has 1 unspecified atom stereocenters. The predicted molar refractivity (Wildman–Crippen MR) is 134 cm³/mol. The summed E-state index contributed by atoms with van der Waals surface area (Å²) in [7, 11) is 0. The molecule has 0 aromatic heterocycles. The lowest BCUT2D eigenvalue weighted by molar-refractivity contribution is 0.00320. The van der Waals surface area contributed by atoms with Crippen LogP contribution >= 0.6 is 11.6 Å². The van der Waals surface area contributed by atoms with Crippen LogP contribution in [0.3, 0.4) is 0 Å². The Morgan fingerprint density at radius 1 is 0.971 bits per heavy atom. The summed E-state index contributed by atoms with van der Waals surface area (Å²) in [5.74, 6) is -0.821. The SMILES string of the molecule is Fc1ccc(F)c2c1OCC1N(CCCOCc3ccccc3)CCC[C@@]21Cc1ccc(Cl)cc1. The summed E-state index contributed by atoms with van der Waals surface area (Å²) in [6.45, 7) is 3.29. The molecule has 35 heavy (non-hydrogen) atoms. The van der Waals surface area contributed by atoms with Gasteiger partial charge < -0.3 is 9.47 Å². The van der Waals surface area contributed by atoms with Gasteiger partial charge in [0.1, 0.15) is 12.4 Å². The van der Waals surface area contributed by atoms with E-state index in [1.165, 1.54) is 6.07 Å². The summed E-state index contributed by atoms with van der Waals surface area (Å²) in [5.41, 5.74) is 2.02. The lowest BCUT2D eigenvalue weighted by Crippen LogP contribution is -2.61. The van der Waals surface area contributed by atoms with Crippen molar-refractivity contribution in [3.05, 3.63) is 100 Å². The summed E-state index contributed by atoms with van der Waals surface area (Å²) >= 11 is 6.11. The van der Waals surface area contributed by atoms with Crippen LogP contribution in [0.1, 0.15) is 36.0 Å². The Hall–Kier alpha value is -2.47. The van der Waals surface area contributed by atoms with Crippen molar-refractivity contribution in [2.24, 2.45) is 0 Å². The van der Waals surface area contributed by atoms with Gasteiger partial charge in [-0.3, -0.25) is 4.90 Å². The molecule has 0 amide bonds. The number of halogens is 3. The number of ether oxygens (including phenoxy) is 2. The Labute approximate surface area is 210 Å². The predicted octanol–water partition coefficient (Wildman–Crippen LogP) is 6.56. The van der Waals surface area contributed by atoms with Gasteiger partial charge in [-0.05, 0) is 67.6 Å². The van der Waals surface area contributed by atoms with Crippen molar-refractivity contribution in [1.82, 2.24) is 4.90 Å². The Bertz CT molecular complexity index is 1140. The minimum absolute atomic E-state index is 0.0511. The third-order valence-electron chi connectivity index (χ3n) is 7.37. The van der Waals surface area contributed by atoms with E-state index in [1.54, 1.807) is 0 Å². The lowest BCUT2D eigenvalue weighted by atomic mass is 9.63. The molecule has 184 valence electrons. The molecule has 0 N–H and O–H groups in total. The summed E-state index contributed by atoms with van der Waals surface area (Å²) in [6, 6.07) is 20.2. The average molecular weight is 498 g/mol. The van der Waals surface area contributed by atoms with Gasteiger partial charge in [0.05, 0.1) is 12.6 Å². The van der Waals surface area contributed by atoms with Gasteiger partial charge >= 0.3 is 0 Å². The van der Waals surface area contributed by atoms with Crippen molar-refractivity contribution >= 4 is 11.6 Å². The topological polar surface area (TPSA) is 21.7 Å². The van der Waals surface area contributed by atoms with Gasteiger partial charge in [0.15, 0.2) is 11.6 Å². The molecule has 2 atom stereocenters. The van der Waals surface area contributed by atoms with Crippen LogP contribution in [0.15, 0.2) is 66.7 Å². The Balaban J connectivity index is 1.36. The van der Waals surface area contributed by atoms with Crippen LogP contribution in [-0.4, -0.2) is 37.2 Å². The molecule has 0 aliphatic carbocycles. The van der Waals surface area contributed by atoms with Crippen LogP contribution in [0.2, 0.25) is 5.02 Å². The average Bonchev–Trinajstić information content (AvgIpc) is 2.87. The third-order valence-corrected chi connectivity index (χ3v) is 7.62. The molecule has 5 rings (SSSR count). The molecule has 6 heteroatoms. The van der Waals surface area contributed by atoms with Crippen molar-refractivity contribution in [3.63, 3.8) is 0 Å². The quantitative estimate of drug-likeness (QED) is 0.329. The molecule has 1 fully saturated rings. The highest BCUT2D eigenvalue weighted by Gasteiger charge is 2.52. The maximum Gasteiger partial charge on any atom is 0.165 e. The molecular weight excluding hydrogens is 468 g/mol. The first-order valence-corrected chi connectivity index (χ1v) is 12.7. The second-order valence-electron chi connectivity index (χ2n) is 9.55. The number of hydrogen-bond donors (Lipinski definition) is 0. The Kier molecular flexibility index (Phi) is 7.37. The zero-order valence-corrected chi connectivity index (χ0v) is 20.4. The van der Waals surface area contributed by atoms with E-state index in [0.717, 1.165) is 49.5 Å². The van der Waals surface area contributed by atoms with Gasteiger partial charge in [0, 0.05) is 29.2 Å². The van der Waals surface area contributed by atoms with Crippen LogP contribution in [0, 0.1) is 11.6 Å². The van der Waals surface area contributed by atoms with Crippen LogP contribution in [0.5, 0.6) is 5.75 Å². The number of piperidine rings is 1. The van der Waals surface area contributed by atoms with Crippen molar-refractivity contribution in [3.8, 4) is 5.75 Å². The van der Waals surface area contributed by atoms with E-state index >= 15 is 4.39 Å². The Morgan fingerprint density at radius 3 is 2.54 bits per heavy atom. The zero-order chi connectivity index (χ0) is 24.3. The third kappa shape index (κ3) is 5.09. The Morgan fingerprint density at radius 2 is 1.74 bits per heavy atom. The van der Waals surface area contributed by atoms with E-state index in [2.05, 4.69) is 17.0 Å². The molecule has 3 aromatic rings. The fourth-order valence-electron chi connectivity index (χ4n) is 5.79. The first-order chi connectivity index (χ1) is 17.1. The number of likely N-dealkylation sites (tertiary alicyclic amines) is 1. The second kappa shape index (κ2) is 10.7. The summed E-state index contributed by atoms with van der Waals surface area (Å²) in [5, 5.41) is 0.660. The van der Waals surface area contributed by atoms with Crippen LogP contribution in [-0.2, 0) is 23.2 Å². The van der Waals surface area contributed by atoms with E-state index in [0.29, 0.717) is 36.8 Å². The van der Waals surface area contributed by atoms with Crippen molar-refractivity contribution in [2.45, 2.75) is 43.7 Å². The highest BCUT2D eigenvalue weighted by atomic mass is 35.5. The number of hydrogen-bond acceptors (Lipinski definition) is 3. The van der Waals surface area contributed by atoms with E-state index in [-0.39, 0.29) is 11.8 Å². The highest BCUT2D eigenvalue weighted by molar-refractivity contribution is 6.30. The largest absolute Gasteiger partial charge is 0.488 e. The van der Waals surface area contributed by atoms with E-state index in [4.69, 9.17) is 21.1 Å². The molecular formula is C29H30ClF2NO2. The molecule has 0 bridgehead atoms. The van der Waals surface area contributed by atoms with E-state index < -0.39 is 17.0 Å². The number of fused-ring (bicyclic) bond motifs is 3. The van der Waals surface area contributed by atoms with Crippen molar-refractivity contribution < 1.29 is 18.3 Å². The van der Waals surface area contributed by atoms with Gasteiger partial charge in [-0.25, -0.2) is 8.78 Å². The lowest BCUT2D eigenvalue weighted by Gasteiger charge is -2.53. The molecule has 2 aliphatic heterocycles. The number of nitrogens with zero attached hydrogens (tertiary/aromatic N) is 1. The maximum atomic E-state index is 15.4. The van der Waals surface area contributed by atoms with Crippen molar-refractivity contribution in [2.75, 3.05) is 26.3 Å². The fourth-order valence-corrected chi connectivity index (χ4v) is 5.92. The smallest absolute Gasteiger partial charge is 0.165 e. The van der Waals surface area contributed by atoms with Crippen molar-refractivity contribution in [1.29, 1.82) is 0 Å². The van der Waals surface area contributed by atoms with Crippen LogP contribution in [0.25, 0.3) is 0 Å². The molecule has 0 radical (unpaired) electrons. The summed E-state index contributed by atoms with van der Waals surface area (Å²) in [4.78, 5) is 2.39. The zero-order valence-electron chi connectivity index (χ0n) is 19.7.